The van der Waals surface area contributed by atoms with Crippen LogP contribution >= 0.6 is 0 Å². The molecule has 102 valence electrons. The van der Waals surface area contributed by atoms with E-state index in [2.05, 4.69) is 9.97 Å². The zero-order chi connectivity index (χ0) is 14.9. The molecule has 0 radical (unpaired) electrons. The number of nitrogen functional groups attached to an aromatic ring is 2. The van der Waals surface area contributed by atoms with Gasteiger partial charge in [0.05, 0.1) is 33.4 Å². The van der Waals surface area contributed by atoms with Crippen LogP contribution in [0.4, 0.5) is 22.7 Å². The Morgan fingerprint density at radius 3 is 1.95 bits per heavy atom. The van der Waals surface area contributed by atoms with Crippen molar-refractivity contribution in [3.63, 3.8) is 0 Å². The minimum Gasteiger partial charge on any atom is -0.393 e. The molecule has 2 aromatic rings. The molecule has 0 unspecified atom stereocenters. The number of hydrogen-bond acceptors (Lipinski definition) is 8. The van der Waals surface area contributed by atoms with Crippen molar-refractivity contribution >= 4 is 22.7 Å². The van der Waals surface area contributed by atoms with Gasteiger partial charge in [-0.2, -0.15) is 0 Å². The van der Waals surface area contributed by atoms with Crippen LogP contribution in [0.2, 0.25) is 0 Å². The van der Waals surface area contributed by atoms with E-state index in [1.807, 2.05) is 0 Å². The average Bonchev–Trinajstić information content (AvgIpc) is 2.39. The maximum absolute atomic E-state index is 10.9. The SMILES string of the molecule is Nc1c([N+](=O)[O-])cc([N+](=O)[O-])c(N)c1-c1cnccn1. The molecule has 0 atom stereocenters. The largest absolute Gasteiger partial charge is 0.393 e. The molecule has 0 fully saturated rings. The summed E-state index contributed by atoms with van der Waals surface area (Å²) in [7, 11) is 0. The molecule has 0 aliphatic carbocycles. The first kappa shape index (κ1) is 13.1. The van der Waals surface area contributed by atoms with Gasteiger partial charge >= 0.3 is 0 Å². The molecular weight excluding hydrogens is 268 g/mol. The molecule has 1 heterocycles. The highest BCUT2D eigenvalue weighted by Crippen LogP contribution is 2.42. The zero-order valence-electron chi connectivity index (χ0n) is 9.89. The third kappa shape index (κ3) is 2.05. The molecule has 1 aromatic carbocycles. The summed E-state index contributed by atoms with van der Waals surface area (Å²) in [6.07, 6.45) is 3.95. The van der Waals surface area contributed by atoms with Crippen LogP contribution in [0.25, 0.3) is 11.3 Å². The Bertz CT molecular complexity index is 664. The first-order chi connectivity index (χ1) is 9.43. The van der Waals surface area contributed by atoms with Crippen molar-refractivity contribution in [1.82, 2.24) is 9.97 Å². The number of rotatable bonds is 3. The molecule has 0 aliphatic heterocycles. The number of hydrogen-bond donors (Lipinski definition) is 2. The third-order valence-electron chi connectivity index (χ3n) is 2.58. The van der Waals surface area contributed by atoms with Gasteiger partial charge in [0.1, 0.15) is 11.4 Å². The lowest BCUT2D eigenvalue weighted by atomic mass is 10.0. The third-order valence-corrected chi connectivity index (χ3v) is 2.58. The fourth-order valence-corrected chi connectivity index (χ4v) is 1.69. The summed E-state index contributed by atoms with van der Waals surface area (Å²) in [5.74, 6) is 0. The van der Waals surface area contributed by atoms with Gasteiger partial charge in [-0.1, -0.05) is 0 Å². The Morgan fingerprint density at radius 2 is 1.55 bits per heavy atom. The molecule has 0 amide bonds. The van der Waals surface area contributed by atoms with Crippen molar-refractivity contribution in [3.05, 3.63) is 44.9 Å². The molecule has 0 spiro atoms. The molecule has 10 nitrogen and oxygen atoms in total. The molecule has 4 N–H and O–H groups in total. The van der Waals surface area contributed by atoms with E-state index in [1.165, 1.54) is 18.6 Å². The van der Waals surface area contributed by atoms with Crippen LogP contribution in [-0.2, 0) is 0 Å². The van der Waals surface area contributed by atoms with Crippen molar-refractivity contribution in [2.45, 2.75) is 0 Å². The Kier molecular flexibility index (Phi) is 3.13. The first-order valence-electron chi connectivity index (χ1n) is 5.20. The van der Waals surface area contributed by atoms with E-state index in [0.29, 0.717) is 0 Å². The second kappa shape index (κ2) is 4.76. The van der Waals surface area contributed by atoms with Gasteiger partial charge < -0.3 is 11.5 Å². The smallest absolute Gasteiger partial charge is 0.299 e. The molecule has 0 saturated carbocycles. The Balaban J connectivity index is 2.85. The van der Waals surface area contributed by atoms with Gasteiger partial charge in [0.25, 0.3) is 11.4 Å². The van der Waals surface area contributed by atoms with Gasteiger partial charge in [-0.15, -0.1) is 0 Å². The van der Waals surface area contributed by atoms with E-state index in [9.17, 15) is 20.2 Å². The summed E-state index contributed by atoms with van der Waals surface area (Å²) in [6.45, 7) is 0. The molecule has 20 heavy (non-hydrogen) atoms. The molecule has 0 aliphatic rings. The number of anilines is 2. The van der Waals surface area contributed by atoms with Crippen molar-refractivity contribution in [2.24, 2.45) is 0 Å². The van der Waals surface area contributed by atoms with Gasteiger partial charge in [0, 0.05) is 12.4 Å². The number of nitro groups is 2. The van der Waals surface area contributed by atoms with Crippen molar-refractivity contribution < 1.29 is 9.85 Å². The van der Waals surface area contributed by atoms with Crippen LogP contribution in [0, 0.1) is 20.2 Å². The number of nitro benzene ring substituents is 2. The van der Waals surface area contributed by atoms with Crippen LogP contribution in [0.1, 0.15) is 0 Å². The minimum absolute atomic E-state index is 0.0704. The molecule has 0 bridgehead atoms. The molecule has 0 saturated heterocycles. The minimum atomic E-state index is -0.818. The van der Waals surface area contributed by atoms with Crippen molar-refractivity contribution in [2.75, 3.05) is 11.5 Å². The predicted molar refractivity (Wildman–Crippen MR) is 69.6 cm³/mol. The maximum atomic E-state index is 10.9. The first-order valence-corrected chi connectivity index (χ1v) is 5.20. The van der Waals surface area contributed by atoms with Crippen LogP contribution in [0.5, 0.6) is 0 Å². The topological polar surface area (TPSA) is 164 Å². The highest BCUT2D eigenvalue weighted by atomic mass is 16.6. The van der Waals surface area contributed by atoms with Crippen LogP contribution < -0.4 is 11.5 Å². The predicted octanol–water partition coefficient (Wildman–Crippen LogP) is 1.12. The van der Waals surface area contributed by atoms with Crippen molar-refractivity contribution in [1.29, 1.82) is 0 Å². The normalized spacial score (nSPS) is 10.2. The van der Waals surface area contributed by atoms with Gasteiger partial charge in [0.15, 0.2) is 0 Å². The van der Waals surface area contributed by atoms with E-state index >= 15 is 0 Å². The molecular formula is C10H8N6O4. The van der Waals surface area contributed by atoms with Gasteiger partial charge in [-0.05, 0) is 0 Å². The van der Waals surface area contributed by atoms with Crippen LogP contribution in [-0.4, -0.2) is 19.8 Å². The summed E-state index contributed by atoms with van der Waals surface area (Å²) < 4.78 is 0. The van der Waals surface area contributed by atoms with Gasteiger partial charge in [0.2, 0.25) is 0 Å². The lowest BCUT2D eigenvalue weighted by Crippen LogP contribution is -2.06. The zero-order valence-corrected chi connectivity index (χ0v) is 9.89. The highest BCUT2D eigenvalue weighted by Gasteiger charge is 2.28. The van der Waals surface area contributed by atoms with Crippen LogP contribution in [0.15, 0.2) is 24.7 Å². The van der Waals surface area contributed by atoms with Crippen LogP contribution in [0.3, 0.4) is 0 Å². The van der Waals surface area contributed by atoms with Gasteiger partial charge in [-0.25, -0.2) is 0 Å². The van der Waals surface area contributed by atoms with Gasteiger partial charge in [-0.3, -0.25) is 30.2 Å². The standard InChI is InChI=1S/C10H8N6O4/c11-9-6(15(17)18)3-7(16(19)20)10(12)8(9)5-4-13-1-2-14-5/h1-4H,11-12H2. The number of aromatic nitrogens is 2. The molecule has 2 rings (SSSR count). The highest BCUT2D eigenvalue weighted by molar-refractivity contribution is 5.94. The maximum Gasteiger partial charge on any atom is 0.299 e. The lowest BCUT2D eigenvalue weighted by Gasteiger charge is -2.09. The monoisotopic (exact) mass is 276 g/mol. The summed E-state index contributed by atoms with van der Waals surface area (Å²) in [5.41, 5.74) is 9.60. The summed E-state index contributed by atoms with van der Waals surface area (Å²) in [4.78, 5) is 27.9. The Labute approximate surface area is 111 Å². The Hall–Kier alpha value is -3.30. The number of benzene rings is 1. The number of nitrogens with zero attached hydrogens (tertiary/aromatic N) is 4. The fourth-order valence-electron chi connectivity index (χ4n) is 1.69. The summed E-state index contributed by atoms with van der Waals surface area (Å²) in [5, 5.41) is 21.8. The quantitative estimate of drug-likeness (QED) is 0.478. The Morgan fingerprint density at radius 1 is 1.00 bits per heavy atom. The van der Waals surface area contributed by atoms with E-state index < -0.39 is 21.2 Å². The van der Waals surface area contributed by atoms with Crippen molar-refractivity contribution in [3.8, 4) is 11.3 Å². The van der Waals surface area contributed by atoms with E-state index in [0.717, 1.165) is 6.07 Å². The molecule has 10 heteroatoms. The summed E-state index contributed by atoms with van der Waals surface area (Å²) in [6, 6.07) is 0.727. The van der Waals surface area contributed by atoms with E-state index in [4.69, 9.17) is 11.5 Å². The average molecular weight is 276 g/mol. The van der Waals surface area contributed by atoms with E-state index in [-0.39, 0.29) is 22.6 Å². The number of nitrogens with two attached hydrogens (primary N) is 2. The second-order valence-corrected chi connectivity index (χ2v) is 3.72. The summed E-state index contributed by atoms with van der Waals surface area (Å²) >= 11 is 0. The van der Waals surface area contributed by atoms with E-state index in [1.54, 1.807) is 0 Å². The lowest BCUT2D eigenvalue weighted by molar-refractivity contribution is -0.393. The fraction of sp³-hybridized carbons (Fsp3) is 0. The molecule has 1 aromatic heterocycles. The second-order valence-electron chi connectivity index (χ2n) is 3.72.